The SMILES string of the molecule is O=C(c1cccnc1)N1C[C@H]2CN(C[C@H]3CCOC3)C[C@H]2C1. The molecule has 3 aliphatic heterocycles. The van der Waals surface area contributed by atoms with Crippen LogP contribution in [0, 0.1) is 17.8 Å². The maximum atomic E-state index is 12.5. The second-order valence-electron chi connectivity index (χ2n) is 6.92. The van der Waals surface area contributed by atoms with E-state index >= 15 is 0 Å². The Hall–Kier alpha value is -1.46. The molecule has 0 spiro atoms. The molecule has 22 heavy (non-hydrogen) atoms. The van der Waals surface area contributed by atoms with Crippen LogP contribution in [0.1, 0.15) is 16.8 Å². The van der Waals surface area contributed by atoms with Crippen LogP contribution in [0.3, 0.4) is 0 Å². The molecule has 0 saturated carbocycles. The molecule has 3 aliphatic rings. The number of fused-ring (bicyclic) bond motifs is 1. The smallest absolute Gasteiger partial charge is 0.255 e. The van der Waals surface area contributed by atoms with Crippen LogP contribution in [0.25, 0.3) is 0 Å². The first-order chi connectivity index (χ1) is 10.8. The number of carbonyl (C=O) groups is 1. The number of hydrogen-bond donors (Lipinski definition) is 0. The third kappa shape index (κ3) is 2.75. The number of nitrogens with zero attached hydrogens (tertiary/aromatic N) is 3. The van der Waals surface area contributed by atoms with E-state index in [1.807, 2.05) is 17.0 Å². The van der Waals surface area contributed by atoms with Crippen molar-refractivity contribution in [3.8, 4) is 0 Å². The van der Waals surface area contributed by atoms with Crippen molar-refractivity contribution in [1.29, 1.82) is 0 Å². The summed E-state index contributed by atoms with van der Waals surface area (Å²) in [5, 5.41) is 0. The molecule has 118 valence electrons. The molecular formula is C17H23N3O2. The number of rotatable bonds is 3. The van der Waals surface area contributed by atoms with Crippen molar-refractivity contribution in [3.63, 3.8) is 0 Å². The van der Waals surface area contributed by atoms with Gasteiger partial charge in [-0.25, -0.2) is 0 Å². The van der Waals surface area contributed by atoms with E-state index in [-0.39, 0.29) is 5.91 Å². The highest BCUT2D eigenvalue weighted by molar-refractivity contribution is 5.94. The highest BCUT2D eigenvalue weighted by Crippen LogP contribution is 2.32. The van der Waals surface area contributed by atoms with Crippen LogP contribution in [0.15, 0.2) is 24.5 Å². The summed E-state index contributed by atoms with van der Waals surface area (Å²) in [5.41, 5.74) is 0.711. The van der Waals surface area contributed by atoms with Crippen LogP contribution in [-0.4, -0.2) is 66.6 Å². The molecule has 5 nitrogen and oxygen atoms in total. The van der Waals surface area contributed by atoms with E-state index in [4.69, 9.17) is 4.74 Å². The summed E-state index contributed by atoms with van der Waals surface area (Å²) in [5.74, 6) is 2.14. The van der Waals surface area contributed by atoms with Gasteiger partial charge in [0.25, 0.3) is 5.91 Å². The minimum Gasteiger partial charge on any atom is -0.381 e. The van der Waals surface area contributed by atoms with E-state index in [0.29, 0.717) is 23.3 Å². The predicted molar refractivity (Wildman–Crippen MR) is 82.5 cm³/mol. The summed E-state index contributed by atoms with van der Waals surface area (Å²) in [6.07, 6.45) is 4.58. The first kappa shape index (κ1) is 14.2. The largest absolute Gasteiger partial charge is 0.381 e. The van der Waals surface area contributed by atoms with E-state index in [1.165, 1.54) is 13.0 Å². The molecule has 3 atom stereocenters. The zero-order valence-electron chi connectivity index (χ0n) is 12.9. The van der Waals surface area contributed by atoms with Crippen LogP contribution >= 0.6 is 0 Å². The molecule has 1 aromatic heterocycles. The Bertz CT molecular complexity index is 516. The van der Waals surface area contributed by atoms with E-state index in [1.54, 1.807) is 12.4 Å². The fraction of sp³-hybridized carbons (Fsp3) is 0.647. The summed E-state index contributed by atoms with van der Waals surface area (Å²) in [4.78, 5) is 21.1. The quantitative estimate of drug-likeness (QED) is 0.839. The van der Waals surface area contributed by atoms with E-state index < -0.39 is 0 Å². The third-order valence-electron chi connectivity index (χ3n) is 5.30. The van der Waals surface area contributed by atoms with Crippen molar-refractivity contribution in [3.05, 3.63) is 30.1 Å². The van der Waals surface area contributed by atoms with Crippen LogP contribution in [0.4, 0.5) is 0 Å². The minimum atomic E-state index is 0.137. The van der Waals surface area contributed by atoms with Gasteiger partial charge in [-0.1, -0.05) is 0 Å². The average Bonchev–Trinajstić information content (AvgIpc) is 3.24. The van der Waals surface area contributed by atoms with Crippen LogP contribution in [-0.2, 0) is 4.74 Å². The van der Waals surface area contributed by atoms with Gasteiger partial charge in [-0.05, 0) is 36.3 Å². The molecule has 5 heteroatoms. The lowest BCUT2D eigenvalue weighted by Gasteiger charge is -2.23. The van der Waals surface area contributed by atoms with Gasteiger partial charge in [0.05, 0.1) is 12.2 Å². The van der Waals surface area contributed by atoms with Crippen molar-refractivity contribution in [1.82, 2.24) is 14.8 Å². The molecule has 1 aromatic rings. The van der Waals surface area contributed by atoms with Crippen molar-refractivity contribution in [2.24, 2.45) is 17.8 Å². The zero-order valence-corrected chi connectivity index (χ0v) is 12.9. The van der Waals surface area contributed by atoms with E-state index in [9.17, 15) is 4.79 Å². The van der Waals surface area contributed by atoms with E-state index in [2.05, 4.69) is 9.88 Å². The van der Waals surface area contributed by atoms with Crippen LogP contribution in [0.2, 0.25) is 0 Å². The van der Waals surface area contributed by atoms with Crippen molar-refractivity contribution < 1.29 is 9.53 Å². The average molecular weight is 301 g/mol. The molecule has 3 saturated heterocycles. The Morgan fingerprint density at radius 2 is 2.09 bits per heavy atom. The molecule has 4 rings (SSSR count). The first-order valence-corrected chi connectivity index (χ1v) is 8.29. The first-order valence-electron chi connectivity index (χ1n) is 8.29. The predicted octanol–water partition coefficient (Wildman–Crippen LogP) is 1.12. The van der Waals surface area contributed by atoms with Gasteiger partial charge in [0.1, 0.15) is 0 Å². The number of likely N-dealkylation sites (tertiary alicyclic amines) is 2. The molecule has 3 fully saturated rings. The van der Waals surface area contributed by atoms with Gasteiger partial charge >= 0.3 is 0 Å². The zero-order chi connectivity index (χ0) is 14.9. The van der Waals surface area contributed by atoms with Crippen molar-refractivity contribution >= 4 is 5.91 Å². The maximum Gasteiger partial charge on any atom is 0.255 e. The number of hydrogen-bond acceptors (Lipinski definition) is 4. The van der Waals surface area contributed by atoms with Gasteiger partial charge < -0.3 is 14.5 Å². The lowest BCUT2D eigenvalue weighted by Crippen LogP contribution is -2.35. The Kier molecular flexibility index (Phi) is 3.84. The third-order valence-corrected chi connectivity index (χ3v) is 5.30. The summed E-state index contributed by atoms with van der Waals surface area (Å²) < 4.78 is 5.47. The van der Waals surface area contributed by atoms with Gasteiger partial charge in [0.2, 0.25) is 0 Å². The Morgan fingerprint density at radius 1 is 1.27 bits per heavy atom. The number of amides is 1. The second kappa shape index (κ2) is 5.97. The Morgan fingerprint density at radius 3 is 2.73 bits per heavy atom. The van der Waals surface area contributed by atoms with Gasteiger partial charge in [-0.15, -0.1) is 0 Å². The van der Waals surface area contributed by atoms with Crippen LogP contribution < -0.4 is 0 Å². The van der Waals surface area contributed by atoms with Crippen molar-refractivity contribution in [2.45, 2.75) is 6.42 Å². The fourth-order valence-electron chi connectivity index (χ4n) is 4.17. The highest BCUT2D eigenvalue weighted by atomic mass is 16.5. The summed E-state index contributed by atoms with van der Waals surface area (Å²) in [6, 6.07) is 3.69. The van der Waals surface area contributed by atoms with Gasteiger partial charge in [0, 0.05) is 51.7 Å². The molecule has 1 amide bonds. The van der Waals surface area contributed by atoms with Crippen LogP contribution in [0.5, 0.6) is 0 Å². The second-order valence-corrected chi connectivity index (χ2v) is 6.92. The van der Waals surface area contributed by atoms with Gasteiger partial charge in [-0.3, -0.25) is 9.78 Å². The molecule has 0 bridgehead atoms. The fourth-order valence-corrected chi connectivity index (χ4v) is 4.17. The number of carbonyl (C=O) groups excluding carboxylic acids is 1. The molecule has 4 heterocycles. The van der Waals surface area contributed by atoms with Crippen molar-refractivity contribution in [2.75, 3.05) is 45.9 Å². The lowest BCUT2D eigenvalue weighted by atomic mass is 10.0. The molecule has 0 aliphatic carbocycles. The molecule has 0 aromatic carbocycles. The Labute approximate surface area is 131 Å². The highest BCUT2D eigenvalue weighted by Gasteiger charge is 2.42. The normalized spacial score (nSPS) is 31.6. The molecular weight excluding hydrogens is 278 g/mol. The maximum absolute atomic E-state index is 12.5. The number of ether oxygens (including phenoxy) is 1. The van der Waals surface area contributed by atoms with E-state index in [0.717, 1.165) is 39.4 Å². The Balaban J connectivity index is 1.32. The van der Waals surface area contributed by atoms with Gasteiger partial charge in [-0.2, -0.15) is 0 Å². The molecule has 0 radical (unpaired) electrons. The lowest BCUT2D eigenvalue weighted by molar-refractivity contribution is 0.0771. The number of aromatic nitrogens is 1. The summed E-state index contributed by atoms with van der Waals surface area (Å²) in [7, 11) is 0. The topological polar surface area (TPSA) is 45.7 Å². The number of pyridine rings is 1. The summed E-state index contributed by atoms with van der Waals surface area (Å²) in [6.45, 7) is 7.10. The monoisotopic (exact) mass is 301 g/mol. The van der Waals surface area contributed by atoms with Gasteiger partial charge in [0.15, 0.2) is 0 Å². The minimum absolute atomic E-state index is 0.137. The molecule has 0 unspecified atom stereocenters. The molecule has 0 N–H and O–H groups in total. The standard InChI is InChI=1S/C17H23N3O2/c21-17(14-2-1-4-18-6-14)20-10-15-8-19(9-16(15)11-20)7-13-3-5-22-12-13/h1-2,4,6,13,15-16H,3,5,7-12H2/t13-,15-,16+/m1/s1. The summed E-state index contributed by atoms with van der Waals surface area (Å²) >= 11 is 0.